The van der Waals surface area contributed by atoms with Crippen molar-refractivity contribution in [3.05, 3.63) is 36.0 Å². The van der Waals surface area contributed by atoms with Crippen LogP contribution >= 0.6 is 0 Å². The number of aliphatic hydroxyl groups is 1. The molecule has 2 aromatic heterocycles. The predicted molar refractivity (Wildman–Crippen MR) is 109 cm³/mol. The number of hydrogen-bond acceptors (Lipinski definition) is 7. The molecule has 0 amide bonds. The fourth-order valence-electron chi connectivity index (χ4n) is 3.97. The molecule has 3 heterocycles. The molecule has 1 aliphatic carbocycles. The normalized spacial score (nSPS) is 21.9. The first-order chi connectivity index (χ1) is 14.9. The second-order valence-electron chi connectivity index (χ2n) is 7.92. The first-order valence-corrected chi connectivity index (χ1v) is 10.2. The fourth-order valence-corrected chi connectivity index (χ4v) is 3.97. The van der Waals surface area contributed by atoms with E-state index < -0.39 is 11.7 Å². The number of piperazine rings is 1. The minimum absolute atomic E-state index is 0.0632. The summed E-state index contributed by atoms with van der Waals surface area (Å²) in [6, 6.07) is 5.09. The number of nitrogens with zero attached hydrogens (tertiary/aromatic N) is 5. The van der Waals surface area contributed by atoms with Gasteiger partial charge in [0.2, 0.25) is 5.95 Å². The van der Waals surface area contributed by atoms with Gasteiger partial charge >= 0.3 is 6.18 Å². The van der Waals surface area contributed by atoms with E-state index in [1.807, 2.05) is 0 Å². The van der Waals surface area contributed by atoms with Crippen molar-refractivity contribution in [1.29, 1.82) is 0 Å². The monoisotopic (exact) mass is 433 g/mol. The van der Waals surface area contributed by atoms with Gasteiger partial charge < -0.3 is 20.6 Å². The number of nitrogens with one attached hydrogen (secondary N) is 2. The SMILES string of the molecule is OC1CC(Nc2nc(N3CCNCC3)c3cnn(-c4cccc(C(F)(F)F)c4)c3n2)C1. The van der Waals surface area contributed by atoms with Crippen molar-refractivity contribution in [1.82, 2.24) is 25.1 Å². The van der Waals surface area contributed by atoms with Crippen molar-refractivity contribution in [2.75, 3.05) is 36.4 Å². The molecule has 11 heteroatoms. The maximum Gasteiger partial charge on any atom is 0.416 e. The molecule has 0 bridgehead atoms. The molecule has 1 aliphatic heterocycles. The summed E-state index contributed by atoms with van der Waals surface area (Å²) in [7, 11) is 0. The van der Waals surface area contributed by atoms with Gasteiger partial charge in [0, 0.05) is 32.2 Å². The van der Waals surface area contributed by atoms with E-state index in [1.54, 1.807) is 12.3 Å². The maximum absolute atomic E-state index is 13.2. The Morgan fingerprint density at radius 2 is 1.90 bits per heavy atom. The number of anilines is 2. The summed E-state index contributed by atoms with van der Waals surface area (Å²) in [5.74, 6) is 1.08. The van der Waals surface area contributed by atoms with Crippen molar-refractivity contribution in [2.45, 2.75) is 31.2 Å². The molecule has 0 spiro atoms. The summed E-state index contributed by atoms with van der Waals surface area (Å²) in [6.45, 7) is 3.13. The van der Waals surface area contributed by atoms with Crippen LogP contribution in [0.5, 0.6) is 0 Å². The molecule has 5 rings (SSSR count). The van der Waals surface area contributed by atoms with Gasteiger partial charge in [0.05, 0.1) is 28.9 Å². The van der Waals surface area contributed by atoms with E-state index in [-0.39, 0.29) is 17.8 Å². The Balaban J connectivity index is 1.60. The number of halogens is 3. The number of aliphatic hydroxyl groups excluding tert-OH is 1. The van der Waals surface area contributed by atoms with Crippen LogP contribution in [0.1, 0.15) is 18.4 Å². The number of fused-ring (bicyclic) bond motifs is 1. The summed E-state index contributed by atoms with van der Waals surface area (Å²) in [5, 5.41) is 21.1. The predicted octanol–water partition coefficient (Wildman–Crippen LogP) is 2.18. The summed E-state index contributed by atoms with van der Waals surface area (Å²) in [4.78, 5) is 11.4. The Labute approximate surface area is 176 Å². The average Bonchev–Trinajstić information content (AvgIpc) is 3.16. The van der Waals surface area contributed by atoms with Gasteiger partial charge in [0.15, 0.2) is 5.65 Å². The minimum atomic E-state index is -4.45. The molecular weight excluding hydrogens is 411 g/mol. The molecule has 8 nitrogen and oxygen atoms in total. The first-order valence-electron chi connectivity index (χ1n) is 10.2. The number of hydrogen-bond donors (Lipinski definition) is 3. The van der Waals surface area contributed by atoms with Crippen molar-refractivity contribution in [3.8, 4) is 5.69 Å². The van der Waals surface area contributed by atoms with Gasteiger partial charge in [0.25, 0.3) is 0 Å². The van der Waals surface area contributed by atoms with E-state index >= 15 is 0 Å². The Morgan fingerprint density at radius 3 is 2.61 bits per heavy atom. The van der Waals surface area contributed by atoms with Crippen molar-refractivity contribution in [2.24, 2.45) is 0 Å². The first kappa shape index (κ1) is 20.0. The lowest BCUT2D eigenvalue weighted by molar-refractivity contribution is -0.137. The molecule has 3 aromatic rings. The van der Waals surface area contributed by atoms with Crippen LogP contribution in [-0.4, -0.2) is 63.2 Å². The van der Waals surface area contributed by atoms with Crippen LogP contribution in [0.3, 0.4) is 0 Å². The quantitative estimate of drug-likeness (QED) is 0.581. The molecule has 1 saturated heterocycles. The standard InChI is InChI=1S/C20H22F3N7O/c21-20(22,23)12-2-1-3-14(8-12)30-18-16(11-25-30)17(29-6-4-24-5-7-29)27-19(28-18)26-13-9-15(31)10-13/h1-3,8,11,13,15,24,31H,4-7,9-10H2,(H,26,27,28). The van der Waals surface area contributed by atoms with Gasteiger partial charge in [-0.2, -0.15) is 28.2 Å². The fraction of sp³-hybridized carbons (Fsp3) is 0.450. The third-order valence-electron chi connectivity index (χ3n) is 5.69. The number of alkyl halides is 3. The van der Waals surface area contributed by atoms with Crippen molar-refractivity contribution < 1.29 is 18.3 Å². The lowest BCUT2D eigenvalue weighted by atomic mass is 9.90. The molecule has 31 heavy (non-hydrogen) atoms. The van der Waals surface area contributed by atoms with Crippen LogP contribution in [0, 0.1) is 0 Å². The van der Waals surface area contributed by atoms with Gasteiger partial charge in [-0.15, -0.1) is 0 Å². The maximum atomic E-state index is 13.2. The van der Waals surface area contributed by atoms with E-state index in [2.05, 4.69) is 25.6 Å². The highest BCUT2D eigenvalue weighted by molar-refractivity contribution is 5.89. The van der Waals surface area contributed by atoms with Gasteiger partial charge in [-0.1, -0.05) is 6.07 Å². The highest BCUT2D eigenvalue weighted by Crippen LogP contribution is 2.32. The molecular formula is C20H22F3N7O. The van der Waals surface area contributed by atoms with Crippen LogP contribution in [0.25, 0.3) is 16.7 Å². The largest absolute Gasteiger partial charge is 0.416 e. The summed E-state index contributed by atoms with van der Waals surface area (Å²) in [6.07, 6.45) is -1.96. The van der Waals surface area contributed by atoms with Crippen LogP contribution in [-0.2, 0) is 6.18 Å². The second-order valence-corrected chi connectivity index (χ2v) is 7.92. The summed E-state index contributed by atoms with van der Waals surface area (Å²) < 4.78 is 41.1. The van der Waals surface area contributed by atoms with E-state index in [4.69, 9.17) is 4.98 Å². The Bertz CT molecular complexity index is 1090. The summed E-state index contributed by atoms with van der Waals surface area (Å²) >= 11 is 0. The number of rotatable bonds is 4. The molecule has 1 saturated carbocycles. The molecule has 0 unspecified atom stereocenters. The number of aromatic nitrogens is 4. The van der Waals surface area contributed by atoms with Gasteiger partial charge in [-0.05, 0) is 31.0 Å². The average molecular weight is 433 g/mol. The third kappa shape index (κ3) is 3.90. The number of benzene rings is 1. The van der Waals surface area contributed by atoms with Crippen LogP contribution in [0.4, 0.5) is 24.9 Å². The minimum Gasteiger partial charge on any atom is -0.393 e. The molecule has 0 atom stereocenters. The lowest BCUT2D eigenvalue weighted by Gasteiger charge is -2.33. The third-order valence-corrected chi connectivity index (χ3v) is 5.69. The smallest absolute Gasteiger partial charge is 0.393 e. The van der Waals surface area contributed by atoms with Crippen LogP contribution < -0.4 is 15.5 Å². The highest BCUT2D eigenvalue weighted by Gasteiger charge is 2.31. The molecule has 164 valence electrons. The Morgan fingerprint density at radius 1 is 1.13 bits per heavy atom. The zero-order valence-electron chi connectivity index (χ0n) is 16.6. The van der Waals surface area contributed by atoms with E-state index in [0.29, 0.717) is 35.6 Å². The van der Waals surface area contributed by atoms with Crippen LogP contribution in [0.2, 0.25) is 0 Å². The van der Waals surface area contributed by atoms with E-state index in [1.165, 1.54) is 10.7 Å². The van der Waals surface area contributed by atoms with Crippen molar-refractivity contribution in [3.63, 3.8) is 0 Å². The van der Waals surface area contributed by atoms with Crippen LogP contribution in [0.15, 0.2) is 30.5 Å². The second kappa shape index (κ2) is 7.65. The van der Waals surface area contributed by atoms with Gasteiger partial charge in [-0.3, -0.25) is 0 Å². The van der Waals surface area contributed by atoms with Gasteiger partial charge in [-0.25, -0.2) is 4.68 Å². The molecule has 2 fully saturated rings. The zero-order chi connectivity index (χ0) is 21.6. The Kier molecular flexibility index (Phi) is 4.94. The zero-order valence-corrected chi connectivity index (χ0v) is 16.6. The lowest BCUT2D eigenvalue weighted by Crippen LogP contribution is -2.44. The Hall–Kier alpha value is -2.92. The molecule has 0 radical (unpaired) electrons. The molecule has 2 aliphatic rings. The summed E-state index contributed by atoms with van der Waals surface area (Å²) in [5.41, 5.74) is -0.0307. The highest BCUT2D eigenvalue weighted by atomic mass is 19.4. The topological polar surface area (TPSA) is 91.1 Å². The molecule has 1 aromatic carbocycles. The molecule has 3 N–H and O–H groups in total. The van der Waals surface area contributed by atoms with E-state index in [0.717, 1.165) is 38.3 Å². The van der Waals surface area contributed by atoms with Crippen molar-refractivity contribution >= 4 is 22.8 Å². The van der Waals surface area contributed by atoms with E-state index in [9.17, 15) is 18.3 Å². The van der Waals surface area contributed by atoms with Gasteiger partial charge in [0.1, 0.15) is 5.82 Å².